The molecule has 128 valence electrons. The Balaban J connectivity index is 1.69. The van der Waals surface area contributed by atoms with Gasteiger partial charge in [0.1, 0.15) is 5.75 Å². The maximum Gasteiger partial charge on any atom is 0.218 e. The largest absolute Gasteiger partial charge is 0.497 e. The lowest BCUT2D eigenvalue weighted by Crippen LogP contribution is -2.29. The zero-order valence-corrected chi connectivity index (χ0v) is 14.9. The van der Waals surface area contributed by atoms with E-state index in [-0.39, 0.29) is 11.7 Å². The third kappa shape index (κ3) is 3.79. The molecular formula is C19H23NO3S. The molecule has 3 rings (SSSR count). The van der Waals surface area contributed by atoms with Gasteiger partial charge in [-0.25, -0.2) is 12.7 Å². The third-order valence-electron chi connectivity index (χ3n) is 4.56. The molecule has 4 nitrogen and oxygen atoms in total. The number of benzene rings is 2. The van der Waals surface area contributed by atoms with Crippen LogP contribution in [-0.4, -0.2) is 32.9 Å². The molecule has 0 radical (unpaired) electrons. The van der Waals surface area contributed by atoms with E-state index in [0.29, 0.717) is 13.1 Å². The molecule has 1 aliphatic heterocycles. The Hall–Kier alpha value is -1.85. The van der Waals surface area contributed by atoms with Gasteiger partial charge in [0.15, 0.2) is 0 Å². The SMILES string of the molecule is COc1ccc(C2CCN(S(=O)(=O)Cc3cccc(C)c3)C2)cc1. The quantitative estimate of drug-likeness (QED) is 0.835. The molecule has 0 aliphatic carbocycles. The number of aryl methyl sites for hydroxylation is 1. The van der Waals surface area contributed by atoms with Gasteiger partial charge in [0, 0.05) is 13.1 Å². The second kappa shape index (κ2) is 6.95. The van der Waals surface area contributed by atoms with Crippen LogP contribution in [0.25, 0.3) is 0 Å². The fraction of sp³-hybridized carbons (Fsp3) is 0.368. The zero-order chi connectivity index (χ0) is 17.2. The van der Waals surface area contributed by atoms with Gasteiger partial charge in [0.2, 0.25) is 10.0 Å². The number of hydrogen-bond acceptors (Lipinski definition) is 3. The van der Waals surface area contributed by atoms with Gasteiger partial charge in [-0.2, -0.15) is 0 Å². The van der Waals surface area contributed by atoms with E-state index in [9.17, 15) is 8.42 Å². The monoisotopic (exact) mass is 345 g/mol. The first-order valence-corrected chi connectivity index (χ1v) is 9.76. The van der Waals surface area contributed by atoms with Crippen molar-refractivity contribution in [1.29, 1.82) is 0 Å². The lowest BCUT2D eigenvalue weighted by atomic mass is 9.99. The van der Waals surface area contributed by atoms with Crippen LogP contribution in [-0.2, 0) is 15.8 Å². The summed E-state index contributed by atoms with van der Waals surface area (Å²) in [6.45, 7) is 3.12. The molecule has 1 heterocycles. The smallest absolute Gasteiger partial charge is 0.218 e. The van der Waals surface area contributed by atoms with Crippen molar-refractivity contribution in [3.05, 3.63) is 65.2 Å². The van der Waals surface area contributed by atoms with E-state index in [1.165, 1.54) is 5.56 Å². The van der Waals surface area contributed by atoms with Gasteiger partial charge in [-0.1, -0.05) is 42.0 Å². The van der Waals surface area contributed by atoms with E-state index in [2.05, 4.69) is 0 Å². The van der Waals surface area contributed by atoms with Gasteiger partial charge in [0.05, 0.1) is 12.9 Å². The Kier molecular flexibility index (Phi) is 4.92. The van der Waals surface area contributed by atoms with Crippen LogP contribution in [0.5, 0.6) is 5.75 Å². The van der Waals surface area contributed by atoms with E-state index in [4.69, 9.17) is 4.74 Å². The molecule has 0 saturated carbocycles. The molecule has 1 unspecified atom stereocenters. The van der Waals surface area contributed by atoms with Crippen LogP contribution in [0.1, 0.15) is 29.0 Å². The van der Waals surface area contributed by atoms with Crippen LogP contribution in [0.15, 0.2) is 48.5 Å². The van der Waals surface area contributed by atoms with E-state index in [0.717, 1.165) is 23.3 Å². The number of rotatable bonds is 5. The molecule has 0 spiro atoms. The average Bonchev–Trinajstić information content (AvgIpc) is 3.05. The van der Waals surface area contributed by atoms with Crippen LogP contribution in [0.4, 0.5) is 0 Å². The van der Waals surface area contributed by atoms with Gasteiger partial charge in [-0.05, 0) is 42.5 Å². The highest BCUT2D eigenvalue weighted by Crippen LogP contribution is 2.30. The number of hydrogen-bond donors (Lipinski definition) is 0. The van der Waals surface area contributed by atoms with Crippen molar-refractivity contribution in [2.45, 2.75) is 25.0 Å². The summed E-state index contributed by atoms with van der Waals surface area (Å²) in [7, 11) is -1.63. The third-order valence-corrected chi connectivity index (χ3v) is 6.38. The Morgan fingerprint density at radius 2 is 1.92 bits per heavy atom. The molecule has 0 N–H and O–H groups in total. The molecule has 5 heteroatoms. The molecule has 0 aromatic heterocycles. The molecule has 1 atom stereocenters. The summed E-state index contributed by atoms with van der Waals surface area (Å²) in [6, 6.07) is 15.6. The van der Waals surface area contributed by atoms with Gasteiger partial charge < -0.3 is 4.74 Å². The number of methoxy groups -OCH3 is 1. The number of nitrogens with zero attached hydrogens (tertiary/aromatic N) is 1. The first kappa shape index (κ1) is 17.0. The summed E-state index contributed by atoms with van der Waals surface area (Å²) >= 11 is 0. The fourth-order valence-corrected chi connectivity index (χ4v) is 4.81. The number of sulfonamides is 1. The Morgan fingerprint density at radius 1 is 1.17 bits per heavy atom. The predicted molar refractivity (Wildman–Crippen MR) is 95.7 cm³/mol. The number of ether oxygens (including phenoxy) is 1. The summed E-state index contributed by atoms with van der Waals surface area (Å²) in [4.78, 5) is 0. The lowest BCUT2D eigenvalue weighted by Gasteiger charge is -2.17. The maximum absolute atomic E-state index is 12.7. The Labute approximate surface area is 144 Å². The molecule has 0 amide bonds. The highest BCUT2D eigenvalue weighted by Gasteiger charge is 2.32. The van der Waals surface area contributed by atoms with Crippen molar-refractivity contribution >= 4 is 10.0 Å². The molecule has 1 aliphatic rings. The fourth-order valence-electron chi connectivity index (χ4n) is 3.23. The van der Waals surface area contributed by atoms with Crippen LogP contribution < -0.4 is 4.74 Å². The van der Waals surface area contributed by atoms with Gasteiger partial charge >= 0.3 is 0 Å². The molecule has 1 saturated heterocycles. The zero-order valence-electron chi connectivity index (χ0n) is 14.1. The van der Waals surface area contributed by atoms with Crippen molar-refractivity contribution in [3.8, 4) is 5.75 Å². The standard InChI is InChI=1S/C19H23NO3S/c1-15-4-3-5-16(12-15)14-24(21,22)20-11-10-18(13-20)17-6-8-19(23-2)9-7-17/h3-9,12,18H,10-11,13-14H2,1-2H3. The van der Waals surface area contributed by atoms with Crippen molar-refractivity contribution in [2.24, 2.45) is 0 Å². The normalized spacial score (nSPS) is 18.7. The van der Waals surface area contributed by atoms with E-state index in [1.807, 2.05) is 55.5 Å². The maximum atomic E-state index is 12.7. The van der Waals surface area contributed by atoms with Crippen LogP contribution in [0.3, 0.4) is 0 Å². The van der Waals surface area contributed by atoms with Crippen LogP contribution in [0.2, 0.25) is 0 Å². The first-order chi connectivity index (χ1) is 11.5. The van der Waals surface area contributed by atoms with E-state index >= 15 is 0 Å². The average molecular weight is 345 g/mol. The van der Waals surface area contributed by atoms with Gasteiger partial charge in [0.25, 0.3) is 0 Å². The summed E-state index contributed by atoms with van der Waals surface area (Å²) in [5.41, 5.74) is 3.10. The van der Waals surface area contributed by atoms with Gasteiger partial charge in [-0.3, -0.25) is 0 Å². The summed E-state index contributed by atoms with van der Waals surface area (Å²) < 4.78 is 32.2. The minimum absolute atomic E-state index is 0.0734. The molecule has 2 aromatic rings. The summed E-state index contributed by atoms with van der Waals surface area (Å²) in [6.07, 6.45) is 0.860. The molecule has 2 aromatic carbocycles. The minimum Gasteiger partial charge on any atom is -0.497 e. The van der Waals surface area contributed by atoms with E-state index in [1.54, 1.807) is 11.4 Å². The molecule has 24 heavy (non-hydrogen) atoms. The highest BCUT2D eigenvalue weighted by molar-refractivity contribution is 7.88. The van der Waals surface area contributed by atoms with Crippen molar-refractivity contribution < 1.29 is 13.2 Å². The summed E-state index contributed by atoms with van der Waals surface area (Å²) in [5.74, 6) is 1.15. The first-order valence-electron chi connectivity index (χ1n) is 8.15. The van der Waals surface area contributed by atoms with Crippen molar-refractivity contribution in [3.63, 3.8) is 0 Å². The van der Waals surface area contributed by atoms with Crippen LogP contribution in [0, 0.1) is 6.92 Å². The predicted octanol–water partition coefficient (Wildman–Crippen LogP) is 3.32. The Bertz CT molecular complexity index is 800. The van der Waals surface area contributed by atoms with Gasteiger partial charge in [-0.15, -0.1) is 0 Å². The molecular weight excluding hydrogens is 322 g/mol. The van der Waals surface area contributed by atoms with Crippen LogP contribution >= 0.6 is 0 Å². The van der Waals surface area contributed by atoms with Crippen molar-refractivity contribution in [1.82, 2.24) is 4.31 Å². The lowest BCUT2D eigenvalue weighted by molar-refractivity contribution is 0.414. The second-order valence-electron chi connectivity index (χ2n) is 6.36. The molecule has 0 bridgehead atoms. The Morgan fingerprint density at radius 3 is 2.58 bits per heavy atom. The van der Waals surface area contributed by atoms with Crippen molar-refractivity contribution in [2.75, 3.05) is 20.2 Å². The highest BCUT2D eigenvalue weighted by atomic mass is 32.2. The van der Waals surface area contributed by atoms with E-state index < -0.39 is 10.0 Å². The summed E-state index contributed by atoms with van der Waals surface area (Å²) in [5, 5.41) is 0. The second-order valence-corrected chi connectivity index (χ2v) is 8.33. The molecule has 1 fully saturated rings. The minimum atomic E-state index is -3.27. The topological polar surface area (TPSA) is 46.6 Å².